The third-order valence-corrected chi connectivity index (χ3v) is 9.87. The number of benzene rings is 4. The maximum atomic E-state index is 5.32. The number of methoxy groups -OCH3 is 2. The number of rotatable bonds is 4. The first-order valence-corrected chi connectivity index (χ1v) is 17.2. The monoisotopic (exact) mass is 756 g/mol. The number of ether oxygens (including phenoxy) is 2. The van der Waals surface area contributed by atoms with Gasteiger partial charge in [0.15, 0.2) is 0 Å². The Balaban J connectivity index is 0.000000281. The summed E-state index contributed by atoms with van der Waals surface area (Å²) in [5, 5.41) is 0. The number of halogens is 2. The van der Waals surface area contributed by atoms with E-state index in [2.05, 4.69) is 116 Å². The van der Waals surface area contributed by atoms with Crippen molar-refractivity contribution in [2.75, 3.05) is 14.2 Å². The molecule has 0 saturated carbocycles. The fraction of sp³-hybridized carbons (Fsp3) is 0.302. The minimum Gasteiger partial charge on any atom is -1.00 e. The van der Waals surface area contributed by atoms with Gasteiger partial charge in [0, 0.05) is 0 Å². The van der Waals surface area contributed by atoms with E-state index in [1.807, 2.05) is 42.5 Å². The number of hydrogen-bond donors (Lipinski definition) is 0. The van der Waals surface area contributed by atoms with Gasteiger partial charge in [-0.25, -0.2) is 12.1 Å². The first-order chi connectivity index (χ1) is 21.7. The maximum absolute atomic E-state index is 5.32. The molecule has 5 heteroatoms. The first kappa shape index (κ1) is 41.3. The molecule has 0 amide bonds. The topological polar surface area (TPSA) is 18.5 Å². The summed E-state index contributed by atoms with van der Waals surface area (Å²) >= 11 is 1.40. The van der Waals surface area contributed by atoms with E-state index >= 15 is 0 Å². The Bertz CT molecular complexity index is 1660. The van der Waals surface area contributed by atoms with Crippen molar-refractivity contribution in [3.8, 4) is 22.6 Å². The average Bonchev–Trinajstić information content (AvgIpc) is 3.71. The van der Waals surface area contributed by atoms with Crippen molar-refractivity contribution in [3.63, 3.8) is 0 Å². The largest absolute Gasteiger partial charge is 1.00 e. The summed E-state index contributed by atoms with van der Waals surface area (Å²) in [5.74, 6) is 1.87. The van der Waals surface area contributed by atoms with Gasteiger partial charge in [-0.05, 0) is 17.4 Å². The Hall–Kier alpha value is -2.84. The summed E-state index contributed by atoms with van der Waals surface area (Å²) in [6.07, 6.45) is 1.03. The van der Waals surface area contributed by atoms with E-state index in [0.29, 0.717) is 0 Å². The van der Waals surface area contributed by atoms with Gasteiger partial charge in [-0.1, -0.05) is 76.3 Å². The minimum atomic E-state index is 0. The zero-order valence-corrected chi connectivity index (χ0v) is 34.0. The van der Waals surface area contributed by atoms with Crippen LogP contribution >= 0.6 is 0 Å². The molecule has 6 rings (SSSR count). The van der Waals surface area contributed by atoms with Crippen LogP contribution in [0.2, 0.25) is 0 Å². The molecule has 2 nitrogen and oxygen atoms in total. The summed E-state index contributed by atoms with van der Waals surface area (Å²) in [7, 11) is 3.41. The van der Waals surface area contributed by atoms with Crippen LogP contribution in [0.3, 0.4) is 0 Å². The van der Waals surface area contributed by atoms with Crippen molar-refractivity contribution < 1.29 is 58.5 Å². The molecule has 1 aliphatic carbocycles. The smallest absolute Gasteiger partial charge is 0.172 e. The van der Waals surface area contributed by atoms with Crippen molar-refractivity contribution in [2.24, 2.45) is 0 Å². The predicted molar refractivity (Wildman–Crippen MR) is 192 cm³/mol. The van der Waals surface area contributed by atoms with E-state index in [1.54, 1.807) is 14.2 Å². The van der Waals surface area contributed by atoms with Gasteiger partial charge in [0.25, 0.3) is 0 Å². The molecule has 5 aromatic carbocycles. The molecule has 1 aliphatic rings. The van der Waals surface area contributed by atoms with Crippen LogP contribution in [0, 0.1) is 19.9 Å². The quantitative estimate of drug-likeness (QED) is 0.247. The van der Waals surface area contributed by atoms with Crippen LogP contribution in [0.4, 0.5) is 0 Å². The van der Waals surface area contributed by atoms with E-state index in [9.17, 15) is 0 Å². The van der Waals surface area contributed by atoms with Gasteiger partial charge in [0.2, 0.25) is 0 Å². The number of aryl methyl sites for hydroxylation is 2. The fourth-order valence-corrected chi connectivity index (χ4v) is 6.30. The molecule has 0 unspecified atom stereocenters. The average molecular weight is 759 g/mol. The maximum Gasteiger partial charge on any atom is -0.172 e. The molecule has 0 saturated heterocycles. The molecule has 0 fully saturated rings. The van der Waals surface area contributed by atoms with Gasteiger partial charge in [-0.2, -0.15) is 47.5 Å². The molecule has 0 aliphatic heterocycles. The van der Waals surface area contributed by atoms with E-state index in [0.717, 1.165) is 29.0 Å². The zero-order valence-electron chi connectivity index (χ0n) is 30.0. The molecule has 0 radical (unpaired) electrons. The van der Waals surface area contributed by atoms with Gasteiger partial charge in [0.1, 0.15) is 0 Å². The Labute approximate surface area is 316 Å². The number of hydrogen-bond acceptors (Lipinski definition) is 2. The SMILES string of the molecule is CC(C)(C)c1c[c-]c2c(c1)-c1cc(C(C)(C)C)ccc1C2.COc1ccc([C](=[Zr+2])c2ccc(OC)c(C)c2)cc1C.[Cl-].[Cl-].c1cc[cH-]c1. The second-order valence-electron chi connectivity index (χ2n) is 14.0. The molecule has 0 bridgehead atoms. The normalized spacial score (nSPS) is 11.2. The summed E-state index contributed by atoms with van der Waals surface area (Å²) in [5.41, 5.74) is 13.6. The summed E-state index contributed by atoms with van der Waals surface area (Å²) in [4.78, 5) is 0. The molecule has 0 N–H and O–H groups in total. The number of fused-ring (bicyclic) bond motifs is 3. The van der Waals surface area contributed by atoms with Crippen molar-refractivity contribution >= 4 is 3.21 Å². The molecule has 48 heavy (non-hydrogen) atoms. The van der Waals surface area contributed by atoms with Crippen LogP contribution < -0.4 is 34.3 Å². The van der Waals surface area contributed by atoms with E-state index < -0.39 is 0 Å². The van der Waals surface area contributed by atoms with Gasteiger partial charge >= 0.3 is 135 Å². The standard InChI is InChI=1S/C21H25.C17H18O2.C5H5.2ClH.Zr/c1-20(2,3)16-9-7-14-11-15-8-10-17(21(4,5)6)13-19(15)18(14)12-16;1-12-9-14(5-7-16(12)18-3)11-15-6-8-17(19-4)13(2)10-15;1-2-4-5-3-1;;;/h7,9-10,12-13H,11H2,1-6H3;5-10H,1-4H3;1-5H;2*1H;/q-1;;-1;;;+2/p-2. The van der Waals surface area contributed by atoms with Crippen LogP contribution in [-0.2, 0) is 41.5 Å². The Morgan fingerprint density at radius 2 is 1.19 bits per heavy atom. The van der Waals surface area contributed by atoms with Crippen LogP contribution in [0.25, 0.3) is 11.1 Å². The first-order valence-electron chi connectivity index (χ1n) is 16.0. The zero-order chi connectivity index (χ0) is 33.6. The van der Waals surface area contributed by atoms with Gasteiger partial charge < -0.3 is 24.8 Å². The van der Waals surface area contributed by atoms with Crippen LogP contribution in [0.5, 0.6) is 11.5 Å². The van der Waals surface area contributed by atoms with Crippen LogP contribution in [-0.4, -0.2) is 17.4 Å². The summed E-state index contributed by atoms with van der Waals surface area (Å²) < 4.78 is 12.0. The summed E-state index contributed by atoms with van der Waals surface area (Å²) in [6, 6.07) is 37.7. The molecule has 0 heterocycles. The van der Waals surface area contributed by atoms with E-state index in [-0.39, 0.29) is 35.6 Å². The van der Waals surface area contributed by atoms with Gasteiger partial charge in [0.05, 0.1) is 0 Å². The third-order valence-electron chi connectivity index (χ3n) is 8.45. The third kappa shape index (κ3) is 10.3. The Morgan fingerprint density at radius 3 is 1.60 bits per heavy atom. The van der Waals surface area contributed by atoms with Crippen molar-refractivity contribution in [1.29, 1.82) is 0 Å². The van der Waals surface area contributed by atoms with E-state index in [4.69, 9.17) is 9.47 Å². The van der Waals surface area contributed by atoms with Crippen molar-refractivity contribution in [1.82, 2.24) is 0 Å². The molecule has 0 aromatic heterocycles. The van der Waals surface area contributed by atoms with Crippen molar-refractivity contribution in [2.45, 2.75) is 72.6 Å². The molecule has 252 valence electrons. The summed E-state index contributed by atoms with van der Waals surface area (Å²) in [6.45, 7) is 17.8. The Kier molecular flexibility index (Phi) is 15.2. The fourth-order valence-electron chi connectivity index (χ4n) is 5.54. The predicted octanol–water partition coefficient (Wildman–Crippen LogP) is 4.50. The van der Waals surface area contributed by atoms with Gasteiger partial charge in [-0.3, -0.25) is 0 Å². The molecule has 5 aromatic rings. The van der Waals surface area contributed by atoms with Gasteiger partial charge in [-0.15, -0.1) is 5.56 Å². The van der Waals surface area contributed by atoms with Crippen LogP contribution in [0.15, 0.2) is 97.1 Å². The Morgan fingerprint density at radius 1 is 0.688 bits per heavy atom. The molecular weight excluding hydrogens is 711 g/mol. The van der Waals surface area contributed by atoms with Crippen molar-refractivity contribution in [3.05, 3.63) is 148 Å². The molecular formula is C43H48Cl2O2Zr-2. The second-order valence-corrected chi connectivity index (χ2v) is 15.3. The van der Waals surface area contributed by atoms with Crippen LogP contribution in [0.1, 0.15) is 86.1 Å². The minimum absolute atomic E-state index is 0. The second kappa shape index (κ2) is 17.7. The van der Waals surface area contributed by atoms with E-state index in [1.165, 1.54) is 71.9 Å². The molecule has 0 spiro atoms. The molecule has 0 atom stereocenters.